The number of nitriles is 1. The maximum atomic E-state index is 12.9. The van der Waals surface area contributed by atoms with E-state index in [0.29, 0.717) is 0 Å². The Balaban J connectivity index is 3.63. The van der Waals surface area contributed by atoms with Crippen LogP contribution in [0.4, 0.5) is 13.2 Å². The summed E-state index contributed by atoms with van der Waals surface area (Å²) in [7, 11) is 0. The molecular weight excluding hydrogens is 263 g/mol. The number of nitrogens with zero attached hydrogens (tertiary/aromatic N) is 1. The van der Waals surface area contributed by atoms with Crippen molar-refractivity contribution in [3.05, 3.63) is 34.4 Å². The van der Waals surface area contributed by atoms with Gasteiger partial charge in [-0.05, 0) is 19.1 Å². The summed E-state index contributed by atoms with van der Waals surface area (Å²) in [5, 5.41) is 8.68. The lowest BCUT2D eigenvalue weighted by molar-refractivity contribution is -0.138. The molecule has 4 nitrogen and oxygen atoms in total. The molecule has 0 saturated heterocycles. The van der Waals surface area contributed by atoms with E-state index in [-0.39, 0.29) is 12.9 Å². The predicted molar refractivity (Wildman–Crippen MR) is 57.5 cm³/mol. The molecular formula is C12H8F3NO3. The van der Waals surface area contributed by atoms with Gasteiger partial charge in [0.2, 0.25) is 0 Å². The Kier molecular flexibility index (Phi) is 4.27. The molecule has 0 spiro atoms. The fourth-order valence-corrected chi connectivity index (χ4v) is 1.52. The van der Waals surface area contributed by atoms with E-state index in [1.807, 2.05) is 0 Å². The summed E-state index contributed by atoms with van der Waals surface area (Å²) in [6, 6.07) is 3.28. The first-order chi connectivity index (χ1) is 8.86. The van der Waals surface area contributed by atoms with Gasteiger partial charge in [0, 0.05) is 5.56 Å². The zero-order chi connectivity index (χ0) is 14.6. The number of hydrogen-bond donors (Lipinski definition) is 0. The lowest BCUT2D eigenvalue weighted by atomic mass is 9.96. The third-order valence-electron chi connectivity index (χ3n) is 2.26. The van der Waals surface area contributed by atoms with Crippen molar-refractivity contribution in [1.29, 1.82) is 5.26 Å². The Hall–Kier alpha value is -2.36. The van der Waals surface area contributed by atoms with E-state index < -0.39 is 34.4 Å². The Labute approximate surface area is 106 Å². The highest BCUT2D eigenvalue weighted by Gasteiger charge is 2.39. The van der Waals surface area contributed by atoms with Gasteiger partial charge in [-0.25, -0.2) is 4.79 Å². The summed E-state index contributed by atoms with van der Waals surface area (Å²) >= 11 is 0. The van der Waals surface area contributed by atoms with Crippen LogP contribution in [-0.4, -0.2) is 18.9 Å². The van der Waals surface area contributed by atoms with Crippen LogP contribution in [0.25, 0.3) is 0 Å². The lowest BCUT2D eigenvalue weighted by Crippen LogP contribution is -2.18. The van der Waals surface area contributed by atoms with Crippen LogP contribution >= 0.6 is 0 Å². The van der Waals surface area contributed by atoms with Crippen LogP contribution in [0.15, 0.2) is 12.1 Å². The molecule has 0 atom stereocenters. The smallest absolute Gasteiger partial charge is 0.417 e. The third kappa shape index (κ3) is 2.91. The Morgan fingerprint density at radius 1 is 1.47 bits per heavy atom. The van der Waals surface area contributed by atoms with Crippen LogP contribution in [0.1, 0.15) is 38.8 Å². The third-order valence-corrected chi connectivity index (χ3v) is 2.26. The standard InChI is InChI=1S/C12H8F3NO3/c1-2-19-11(18)8-4-3-7(5-16)9(6-17)10(8)12(13,14)15/h3-4,6H,2H2,1H3. The minimum absolute atomic E-state index is 0.0932. The average molecular weight is 271 g/mol. The molecule has 0 bridgehead atoms. The van der Waals surface area contributed by atoms with Crippen LogP contribution in [0.3, 0.4) is 0 Å². The minimum Gasteiger partial charge on any atom is -0.462 e. The van der Waals surface area contributed by atoms with Crippen molar-refractivity contribution in [2.24, 2.45) is 0 Å². The molecule has 0 radical (unpaired) electrons. The maximum absolute atomic E-state index is 12.9. The second kappa shape index (κ2) is 5.52. The zero-order valence-electron chi connectivity index (χ0n) is 9.75. The SMILES string of the molecule is CCOC(=O)c1ccc(C#N)c(C=O)c1C(F)(F)F. The zero-order valence-corrected chi connectivity index (χ0v) is 9.75. The molecule has 0 amide bonds. The quantitative estimate of drug-likeness (QED) is 0.626. The van der Waals surface area contributed by atoms with Crippen molar-refractivity contribution in [3.63, 3.8) is 0 Å². The van der Waals surface area contributed by atoms with Crippen LogP contribution in [0.5, 0.6) is 0 Å². The van der Waals surface area contributed by atoms with Gasteiger partial charge in [0.05, 0.1) is 29.4 Å². The van der Waals surface area contributed by atoms with E-state index >= 15 is 0 Å². The van der Waals surface area contributed by atoms with Crippen LogP contribution in [0, 0.1) is 11.3 Å². The Bertz CT molecular complexity index is 559. The fourth-order valence-electron chi connectivity index (χ4n) is 1.52. The van der Waals surface area contributed by atoms with Gasteiger partial charge < -0.3 is 4.74 Å². The van der Waals surface area contributed by atoms with Crippen molar-refractivity contribution in [2.45, 2.75) is 13.1 Å². The van der Waals surface area contributed by atoms with E-state index in [4.69, 9.17) is 5.26 Å². The Morgan fingerprint density at radius 3 is 2.53 bits per heavy atom. The molecule has 19 heavy (non-hydrogen) atoms. The monoisotopic (exact) mass is 271 g/mol. The van der Waals surface area contributed by atoms with Gasteiger partial charge in [0.1, 0.15) is 0 Å². The molecule has 1 aromatic rings. The van der Waals surface area contributed by atoms with Gasteiger partial charge in [-0.15, -0.1) is 0 Å². The van der Waals surface area contributed by atoms with Crippen molar-refractivity contribution >= 4 is 12.3 Å². The van der Waals surface area contributed by atoms with E-state index in [9.17, 15) is 22.8 Å². The number of aldehydes is 1. The largest absolute Gasteiger partial charge is 0.462 e. The number of alkyl halides is 3. The highest BCUT2D eigenvalue weighted by molar-refractivity contribution is 5.95. The number of carbonyl (C=O) groups is 2. The number of carbonyl (C=O) groups excluding carboxylic acids is 2. The molecule has 0 N–H and O–H groups in total. The first kappa shape index (κ1) is 14.7. The number of ether oxygens (including phenoxy) is 1. The molecule has 7 heteroatoms. The molecule has 100 valence electrons. The normalized spacial score (nSPS) is 10.7. The summed E-state index contributed by atoms with van der Waals surface area (Å²) in [4.78, 5) is 22.2. The van der Waals surface area contributed by atoms with Gasteiger partial charge in [0.15, 0.2) is 6.29 Å². The lowest BCUT2D eigenvalue weighted by Gasteiger charge is -2.14. The molecule has 0 heterocycles. The van der Waals surface area contributed by atoms with Crippen LogP contribution in [0.2, 0.25) is 0 Å². The molecule has 0 unspecified atom stereocenters. The van der Waals surface area contributed by atoms with Gasteiger partial charge in [-0.1, -0.05) is 0 Å². The number of esters is 1. The van der Waals surface area contributed by atoms with E-state index in [0.717, 1.165) is 12.1 Å². The van der Waals surface area contributed by atoms with Gasteiger partial charge in [0.25, 0.3) is 0 Å². The molecule has 0 aliphatic rings. The summed E-state index contributed by atoms with van der Waals surface area (Å²) in [5.74, 6) is -1.19. The predicted octanol–water partition coefficient (Wildman–Crippen LogP) is 2.57. The van der Waals surface area contributed by atoms with Crippen molar-refractivity contribution in [2.75, 3.05) is 6.61 Å². The van der Waals surface area contributed by atoms with Gasteiger partial charge in [-0.2, -0.15) is 18.4 Å². The molecule has 0 aliphatic carbocycles. The molecule has 0 aliphatic heterocycles. The number of benzene rings is 1. The summed E-state index contributed by atoms with van der Waals surface area (Å²) in [6.07, 6.45) is -5.03. The summed E-state index contributed by atoms with van der Waals surface area (Å²) in [5.41, 5.74) is -3.54. The molecule has 1 rings (SSSR count). The average Bonchev–Trinajstić information content (AvgIpc) is 2.35. The molecule has 0 saturated carbocycles. The fraction of sp³-hybridized carbons (Fsp3) is 0.250. The van der Waals surface area contributed by atoms with Crippen molar-refractivity contribution in [3.8, 4) is 6.07 Å². The second-order valence-corrected chi connectivity index (χ2v) is 3.40. The molecule has 0 fully saturated rings. The molecule has 1 aromatic carbocycles. The first-order valence-corrected chi connectivity index (χ1v) is 5.13. The highest BCUT2D eigenvalue weighted by Crippen LogP contribution is 2.35. The summed E-state index contributed by atoms with van der Waals surface area (Å²) < 4.78 is 43.3. The first-order valence-electron chi connectivity index (χ1n) is 5.13. The second-order valence-electron chi connectivity index (χ2n) is 3.40. The van der Waals surface area contributed by atoms with E-state index in [1.54, 1.807) is 0 Å². The van der Waals surface area contributed by atoms with Crippen LogP contribution < -0.4 is 0 Å². The highest BCUT2D eigenvalue weighted by atomic mass is 19.4. The number of hydrogen-bond acceptors (Lipinski definition) is 4. The van der Waals surface area contributed by atoms with E-state index in [1.165, 1.54) is 13.0 Å². The number of halogens is 3. The summed E-state index contributed by atoms with van der Waals surface area (Å²) in [6.45, 7) is 1.34. The van der Waals surface area contributed by atoms with Crippen molar-refractivity contribution < 1.29 is 27.5 Å². The van der Waals surface area contributed by atoms with Crippen LogP contribution in [-0.2, 0) is 10.9 Å². The topological polar surface area (TPSA) is 67.2 Å². The molecule has 0 aromatic heterocycles. The van der Waals surface area contributed by atoms with Gasteiger partial charge >= 0.3 is 12.1 Å². The maximum Gasteiger partial charge on any atom is 0.417 e. The Morgan fingerprint density at radius 2 is 2.11 bits per heavy atom. The minimum atomic E-state index is -4.94. The number of rotatable bonds is 3. The van der Waals surface area contributed by atoms with Crippen molar-refractivity contribution in [1.82, 2.24) is 0 Å². The van der Waals surface area contributed by atoms with E-state index in [2.05, 4.69) is 4.74 Å². The van der Waals surface area contributed by atoms with Gasteiger partial charge in [-0.3, -0.25) is 4.79 Å².